The summed E-state index contributed by atoms with van der Waals surface area (Å²) in [5.74, 6) is 0.928. The van der Waals surface area contributed by atoms with E-state index >= 15 is 0 Å². The highest BCUT2D eigenvalue weighted by Gasteiger charge is 2.29. The molecule has 1 aromatic carbocycles. The van der Waals surface area contributed by atoms with Gasteiger partial charge in [-0.25, -0.2) is 4.68 Å². The number of carbonyl (C=O) groups is 1. The number of benzene rings is 1. The molecule has 28 heavy (non-hydrogen) atoms. The number of hydrogen-bond acceptors (Lipinski definition) is 6. The predicted molar refractivity (Wildman–Crippen MR) is 102 cm³/mol. The molecule has 1 aliphatic rings. The Hall–Kier alpha value is -3.13. The fraction of sp³-hybridized carbons (Fsp3) is 0.350. The maximum Gasteiger partial charge on any atom is 0.251 e. The first-order valence-electron chi connectivity index (χ1n) is 9.28. The van der Waals surface area contributed by atoms with Gasteiger partial charge in [-0.1, -0.05) is 12.1 Å². The van der Waals surface area contributed by atoms with Gasteiger partial charge in [0.05, 0.1) is 25.8 Å². The summed E-state index contributed by atoms with van der Waals surface area (Å²) in [7, 11) is 0. The van der Waals surface area contributed by atoms with Crippen LogP contribution in [0.5, 0.6) is 0 Å². The Balaban J connectivity index is 1.37. The molecule has 1 N–H and O–H groups in total. The number of rotatable bonds is 6. The summed E-state index contributed by atoms with van der Waals surface area (Å²) in [6, 6.07) is 11.5. The minimum absolute atomic E-state index is 0.00390. The number of nitrogens with zero attached hydrogens (tertiary/aromatic N) is 5. The third-order valence-corrected chi connectivity index (χ3v) is 5.02. The topological polar surface area (TPSA) is 94.8 Å². The van der Waals surface area contributed by atoms with Crippen LogP contribution in [0, 0.1) is 12.8 Å². The number of amides is 1. The number of aryl methyl sites for hydroxylation is 1. The Morgan fingerprint density at radius 3 is 2.64 bits per heavy atom. The molecule has 144 valence electrons. The van der Waals surface area contributed by atoms with Gasteiger partial charge in [-0.05, 0) is 59.2 Å². The van der Waals surface area contributed by atoms with Crippen molar-refractivity contribution in [2.75, 3.05) is 13.2 Å². The van der Waals surface area contributed by atoms with E-state index in [4.69, 9.17) is 4.74 Å². The van der Waals surface area contributed by atoms with Crippen LogP contribution < -0.4 is 5.32 Å². The Labute approximate surface area is 162 Å². The fourth-order valence-electron chi connectivity index (χ4n) is 3.36. The molecule has 1 saturated heterocycles. The van der Waals surface area contributed by atoms with Gasteiger partial charge in [-0.2, -0.15) is 0 Å². The molecule has 1 amide bonds. The molecule has 0 saturated carbocycles. The number of aromatic nitrogens is 5. The average Bonchev–Trinajstić information content (AvgIpc) is 3.32. The number of hydrogen-bond donors (Lipinski definition) is 1. The van der Waals surface area contributed by atoms with Crippen LogP contribution >= 0.6 is 0 Å². The summed E-state index contributed by atoms with van der Waals surface area (Å²) in [6.07, 6.45) is 4.44. The van der Waals surface area contributed by atoms with E-state index in [2.05, 4.69) is 25.8 Å². The summed E-state index contributed by atoms with van der Waals surface area (Å²) in [4.78, 5) is 16.7. The second-order valence-corrected chi connectivity index (χ2v) is 7.02. The van der Waals surface area contributed by atoms with Crippen molar-refractivity contribution in [1.29, 1.82) is 0 Å². The molecule has 8 heteroatoms. The third-order valence-electron chi connectivity index (χ3n) is 5.02. The SMILES string of the molecule is Cc1nnnn1Cc1ccc(C(=O)N[C@@H]2COC[C@H]2Cc2ccncc2)cc1. The number of carbonyl (C=O) groups excluding carboxylic acids is 1. The first-order valence-corrected chi connectivity index (χ1v) is 9.28. The molecule has 0 aliphatic carbocycles. The van der Waals surface area contributed by atoms with E-state index in [-0.39, 0.29) is 17.9 Å². The molecule has 3 heterocycles. The van der Waals surface area contributed by atoms with Crippen molar-refractivity contribution in [2.24, 2.45) is 5.92 Å². The van der Waals surface area contributed by atoms with E-state index in [0.29, 0.717) is 25.3 Å². The molecule has 1 aliphatic heterocycles. The van der Waals surface area contributed by atoms with Gasteiger partial charge in [0.1, 0.15) is 5.82 Å². The van der Waals surface area contributed by atoms with Gasteiger partial charge in [0.25, 0.3) is 5.91 Å². The van der Waals surface area contributed by atoms with Crippen molar-refractivity contribution in [2.45, 2.75) is 25.9 Å². The lowest BCUT2D eigenvalue weighted by Gasteiger charge is -2.19. The Kier molecular flexibility index (Phi) is 5.38. The van der Waals surface area contributed by atoms with Crippen LogP contribution in [-0.2, 0) is 17.7 Å². The van der Waals surface area contributed by atoms with Gasteiger partial charge >= 0.3 is 0 Å². The lowest BCUT2D eigenvalue weighted by atomic mass is 9.95. The standard InChI is InChI=1S/C20H22N6O2/c1-14-23-24-25-26(14)11-16-2-4-17(5-3-16)20(27)22-19-13-28-12-18(19)10-15-6-8-21-9-7-15/h2-9,18-19H,10-13H2,1H3,(H,22,27)/t18-,19-/m1/s1. The number of nitrogens with one attached hydrogen (secondary N) is 1. The zero-order valence-electron chi connectivity index (χ0n) is 15.7. The summed E-state index contributed by atoms with van der Waals surface area (Å²) in [6.45, 7) is 3.62. The zero-order valence-corrected chi connectivity index (χ0v) is 15.7. The average molecular weight is 378 g/mol. The van der Waals surface area contributed by atoms with E-state index in [1.807, 2.05) is 43.3 Å². The molecule has 8 nitrogen and oxygen atoms in total. The van der Waals surface area contributed by atoms with Crippen LogP contribution in [0.2, 0.25) is 0 Å². The Bertz CT molecular complexity index is 925. The van der Waals surface area contributed by atoms with Crippen molar-refractivity contribution in [3.05, 3.63) is 71.3 Å². The number of ether oxygens (including phenoxy) is 1. The van der Waals surface area contributed by atoms with E-state index in [1.165, 1.54) is 5.56 Å². The maximum atomic E-state index is 12.7. The summed E-state index contributed by atoms with van der Waals surface area (Å²) in [5, 5.41) is 14.6. The van der Waals surface area contributed by atoms with Crippen LogP contribution in [0.25, 0.3) is 0 Å². The quantitative estimate of drug-likeness (QED) is 0.697. The highest BCUT2D eigenvalue weighted by molar-refractivity contribution is 5.94. The first-order chi connectivity index (χ1) is 13.7. The molecule has 0 bridgehead atoms. The van der Waals surface area contributed by atoms with Gasteiger partial charge in [0.2, 0.25) is 0 Å². The van der Waals surface area contributed by atoms with Crippen LogP contribution in [-0.4, -0.2) is 50.4 Å². The molecular weight excluding hydrogens is 356 g/mol. The molecule has 1 fully saturated rings. The van der Waals surface area contributed by atoms with Gasteiger partial charge in [-0.3, -0.25) is 9.78 Å². The molecule has 2 atom stereocenters. The van der Waals surface area contributed by atoms with Crippen molar-refractivity contribution in [3.8, 4) is 0 Å². The van der Waals surface area contributed by atoms with E-state index in [9.17, 15) is 4.79 Å². The summed E-state index contributed by atoms with van der Waals surface area (Å²) < 4.78 is 7.33. The highest BCUT2D eigenvalue weighted by atomic mass is 16.5. The second kappa shape index (κ2) is 8.26. The van der Waals surface area contributed by atoms with Crippen molar-refractivity contribution < 1.29 is 9.53 Å². The molecule has 4 rings (SSSR count). The minimum Gasteiger partial charge on any atom is -0.379 e. The van der Waals surface area contributed by atoms with E-state index < -0.39 is 0 Å². The summed E-state index contributed by atoms with van der Waals surface area (Å²) in [5.41, 5.74) is 2.87. The van der Waals surface area contributed by atoms with Gasteiger partial charge in [0, 0.05) is 23.9 Å². The van der Waals surface area contributed by atoms with Gasteiger partial charge in [0.15, 0.2) is 0 Å². The highest BCUT2D eigenvalue weighted by Crippen LogP contribution is 2.19. The van der Waals surface area contributed by atoms with Gasteiger partial charge < -0.3 is 10.1 Å². The molecule has 3 aromatic rings. The number of tetrazole rings is 1. The molecule has 2 aromatic heterocycles. The maximum absolute atomic E-state index is 12.7. The van der Waals surface area contributed by atoms with Gasteiger partial charge in [-0.15, -0.1) is 5.10 Å². The molecule has 0 radical (unpaired) electrons. The molecular formula is C20H22N6O2. The Morgan fingerprint density at radius 1 is 1.14 bits per heavy atom. The normalized spacial score (nSPS) is 18.9. The smallest absolute Gasteiger partial charge is 0.251 e. The first kappa shape index (κ1) is 18.2. The lowest BCUT2D eigenvalue weighted by Crippen LogP contribution is -2.40. The summed E-state index contributed by atoms with van der Waals surface area (Å²) >= 11 is 0. The fourth-order valence-corrected chi connectivity index (χ4v) is 3.36. The third kappa shape index (κ3) is 4.23. The second-order valence-electron chi connectivity index (χ2n) is 7.02. The van der Waals surface area contributed by atoms with Crippen LogP contribution in [0.3, 0.4) is 0 Å². The predicted octanol–water partition coefficient (Wildman–Crippen LogP) is 1.41. The van der Waals surface area contributed by atoms with Crippen molar-refractivity contribution >= 4 is 5.91 Å². The Morgan fingerprint density at radius 2 is 1.93 bits per heavy atom. The number of pyridine rings is 1. The zero-order chi connectivity index (χ0) is 19.3. The van der Waals surface area contributed by atoms with Crippen molar-refractivity contribution in [1.82, 2.24) is 30.5 Å². The minimum atomic E-state index is -0.0830. The monoisotopic (exact) mass is 378 g/mol. The van der Waals surface area contributed by atoms with Crippen LogP contribution in [0.4, 0.5) is 0 Å². The lowest BCUT2D eigenvalue weighted by molar-refractivity contribution is 0.0925. The van der Waals surface area contributed by atoms with Crippen LogP contribution in [0.15, 0.2) is 48.8 Å². The van der Waals surface area contributed by atoms with E-state index in [1.54, 1.807) is 17.1 Å². The largest absolute Gasteiger partial charge is 0.379 e. The van der Waals surface area contributed by atoms with Crippen molar-refractivity contribution in [3.63, 3.8) is 0 Å². The van der Waals surface area contributed by atoms with Crippen LogP contribution in [0.1, 0.15) is 27.3 Å². The van der Waals surface area contributed by atoms with E-state index in [0.717, 1.165) is 17.8 Å². The molecule has 0 unspecified atom stereocenters. The molecule has 0 spiro atoms.